The molecule has 0 bridgehead atoms. The van der Waals surface area contributed by atoms with E-state index in [1.165, 1.54) is 6.33 Å². The van der Waals surface area contributed by atoms with E-state index in [2.05, 4.69) is 15.3 Å². The Morgan fingerprint density at radius 2 is 2.25 bits per heavy atom. The van der Waals surface area contributed by atoms with Gasteiger partial charge in [-0.05, 0) is 13.8 Å². The Bertz CT molecular complexity index is 483. The molecule has 8 heteroatoms. The highest BCUT2D eigenvalue weighted by molar-refractivity contribution is 5.82. The average Bonchev–Trinajstić information content (AvgIpc) is 2.80. The molecule has 1 aromatic heterocycles. The number of nitrogens with zero attached hydrogens (tertiary/aromatic N) is 2. The zero-order valence-electron chi connectivity index (χ0n) is 11.3. The van der Waals surface area contributed by atoms with Crippen molar-refractivity contribution in [2.24, 2.45) is 0 Å². The van der Waals surface area contributed by atoms with Gasteiger partial charge in [0.1, 0.15) is 6.54 Å². The van der Waals surface area contributed by atoms with Gasteiger partial charge in [-0.25, -0.2) is 4.98 Å². The molecule has 1 aromatic rings. The molecule has 0 saturated heterocycles. The van der Waals surface area contributed by atoms with Gasteiger partial charge in [-0.15, -0.1) is 0 Å². The van der Waals surface area contributed by atoms with E-state index in [4.69, 9.17) is 0 Å². The lowest BCUT2D eigenvalue weighted by Crippen LogP contribution is -2.53. The largest absolute Gasteiger partial charge is 0.406 e. The molecule has 0 spiro atoms. The molecule has 112 valence electrons. The number of amides is 1. The van der Waals surface area contributed by atoms with Crippen LogP contribution in [0.4, 0.5) is 13.2 Å². The Labute approximate surface area is 114 Å². The number of hydrogen-bond acceptors (Lipinski definition) is 3. The van der Waals surface area contributed by atoms with E-state index in [-0.39, 0.29) is 0 Å². The number of rotatable bonds is 3. The fourth-order valence-corrected chi connectivity index (χ4v) is 2.25. The molecule has 0 fully saturated rings. The van der Waals surface area contributed by atoms with Gasteiger partial charge in [0.2, 0.25) is 5.91 Å². The van der Waals surface area contributed by atoms with Crippen LogP contribution in [0.3, 0.4) is 0 Å². The van der Waals surface area contributed by atoms with Crippen molar-refractivity contribution in [3.63, 3.8) is 0 Å². The van der Waals surface area contributed by atoms with Crippen molar-refractivity contribution in [2.45, 2.75) is 45.1 Å². The second-order valence-electron chi connectivity index (χ2n) is 5.14. The number of alkyl halides is 3. The van der Waals surface area contributed by atoms with Crippen molar-refractivity contribution < 1.29 is 18.0 Å². The first-order valence-corrected chi connectivity index (χ1v) is 6.39. The summed E-state index contributed by atoms with van der Waals surface area (Å²) in [5, 5.41) is 2.95. The van der Waals surface area contributed by atoms with Crippen molar-refractivity contribution in [1.82, 2.24) is 20.2 Å². The molecular formula is C12H17F3N4O. The van der Waals surface area contributed by atoms with E-state index in [0.29, 0.717) is 13.0 Å². The molecule has 1 atom stereocenters. The van der Waals surface area contributed by atoms with Gasteiger partial charge in [-0.3, -0.25) is 10.1 Å². The Hall–Kier alpha value is -1.57. The topological polar surface area (TPSA) is 61.0 Å². The number of H-pyrrole nitrogens is 1. The number of hydrogen-bond donors (Lipinski definition) is 2. The molecule has 0 radical (unpaired) electrons. The summed E-state index contributed by atoms with van der Waals surface area (Å²) in [6, 6.07) is -1.16. The van der Waals surface area contributed by atoms with Crippen molar-refractivity contribution in [3.8, 4) is 0 Å². The fourth-order valence-electron chi connectivity index (χ4n) is 2.25. The van der Waals surface area contributed by atoms with Crippen molar-refractivity contribution in [3.05, 3.63) is 17.7 Å². The van der Waals surface area contributed by atoms with Crippen LogP contribution in [0.25, 0.3) is 0 Å². The predicted molar refractivity (Wildman–Crippen MR) is 65.8 cm³/mol. The number of fused-ring (bicyclic) bond motifs is 1. The molecule has 5 nitrogen and oxygen atoms in total. The summed E-state index contributed by atoms with van der Waals surface area (Å²) in [6.45, 7) is 2.33. The smallest absolute Gasteiger partial charge is 0.347 e. The zero-order valence-corrected chi connectivity index (χ0v) is 11.3. The normalized spacial score (nSPS) is 19.0. The second kappa shape index (κ2) is 5.43. The lowest BCUT2D eigenvalue weighted by atomic mass is 10.0. The third kappa shape index (κ3) is 3.30. The maximum atomic E-state index is 12.6. The molecule has 1 amide bonds. The quantitative estimate of drug-likeness (QED) is 0.880. The highest BCUT2D eigenvalue weighted by Crippen LogP contribution is 2.20. The first kappa shape index (κ1) is 14.8. The molecular weight excluding hydrogens is 273 g/mol. The summed E-state index contributed by atoms with van der Waals surface area (Å²) >= 11 is 0. The maximum absolute atomic E-state index is 12.6. The van der Waals surface area contributed by atoms with Gasteiger partial charge in [0.15, 0.2) is 0 Å². The van der Waals surface area contributed by atoms with Crippen LogP contribution in [0.1, 0.15) is 25.2 Å². The number of halogens is 3. The minimum absolute atomic E-state index is 0.304. The van der Waals surface area contributed by atoms with Gasteiger partial charge in [-0.1, -0.05) is 0 Å². The molecule has 0 aromatic carbocycles. The highest BCUT2D eigenvalue weighted by atomic mass is 19.4. The molecule has 2 rings (SSSR count). The molecule has 0 saturated carbocycles. The average molecular weight is 290 g/mol. The molecule has 2 heterocycles. The van der Waals surface area contributed by atoms with Gasteiger partial charge in [0, 0.05) is 19.0 Å². The number of carbonyl (C=O) groups is 1. The Morgan fingerprint density at radius 3 is 2.85 bits per heavy atom. The minimum atomic E-state index is -4.40. The van der Waals surface area contributed by atoms with Gasteiger partial charge in [0.05, 0.1) is 23.8 Å². The van der Waals surface area contributed by atoms with Crippen molar-refractivity contribution in [2.75, 3.05) is 6.54 Å². The van der Waals surface area contributed by atoms with Crippen molar-refractivity contribution in [1.29, 1.82) is 0 Å². The molecule has 1 unspecified atom stereocenters. The Balaban J connectivity index is 2.09. The van der Waals surface area contributed by atoms with Crippen LogP contribution in [0.2, 0.25) is 0 Å². The van der Waals surface area contributed by atoms with E-state index in [0.717, 1.165) is 16.3 Å². The van der Waals surface area contributed by atoms with Crippen LogP contribution in [0, 0.1) is 0 Å². The predicted octanol–water partition coefficient (Wildman–Crippen LogP) is 1.22. The Morgan fingerprint density at radius 1 is 1.55 bits per heavy atom. The first-order valence-electron chi connectivity index (χ1n) is 6.39. The summed E-state index contributed by atoms with van der Waals surface area (Å²) in [7, 11) is 0. The van der Waals surface area contributed by atoms with E-state index >= 15 is 0 Å². The number of aromatic amines is 1. The van der Waals surface area contributed by atoms with Crippen LogP contribution in [0.15, 0.2) is 6.33 Å². The lowest BCUT2D eigenvalue weighted by Gasteiger charge is -2.32. The number of imidazole rings is 1. The zero-order chi connectivity index (χ0) is 14.9. The van der Waals surface area contributed by atoms with Crippen LogP contribution < -0.4 is 5.32 Å². The number of carbonyl (C=O) groups excluding carboxylic acids is 1. The monoisotopic (exact) mass is 290 g/mol. The van der Waals surface area contributed by atoms with Gasteiger partial charge >= 0.3 is 6.18 Å². The van der Waals surface area contributed by atoms with E-state index in [1.807, 2.05) is 0 Å². The van der Waals surface area contributed by atoms with Gasteiger partial charge < -0.3 is 9.88 Å². The molecule has 2 N–H and O–H groups in total. The van der Waals surface area contributed by atoms with Crippen molar-refractivity contribution >= 4 is 5.91 Å². The summed E-state index contributed by atoms with van der Waals surface area (Å²) in [5.74, 6) is -0.536. The third-order valence-electron chi connectivity index (χ3n) is 3.28. The van der Waals surface area contributed by atoms with Crippen LogP contribution in [0.5, 0.6) is 0 Å². The van der Waals surface area contributed by atoms with Gasteiger partial charge in [0.25, 0.3) is 0 Å². The summed E-state index contributed by atoms with van der Waals surface area (Å²) in [6.07, 6.45) is -2.57. The van der Waals surface area contributed by atoms with Crippen LogP contribution in [-0.4, -0.2) is 45.6 Å². The van der Waals surface area contributed by atoms with E-state index in [9.17, 15) is 18.0 Å². The number of nitrogens with one attached hydrogen (secondary N) is 2. The Kier molecular flexibility index (Phi) is 4.03. The summed E-state index contributed by atoms with van der Waals surface area (Å²) in [5.41, 5.74) is 1.61. The third-order valence-corrected chi connectivity index (χ3v) is 3.28. The van der Waals surface area contributed by atoms with Crippen LogP contribution in [-0.2, 0) is 17.8 Å². The molecule has 20 heavy (non-hydrogen) atoms. The van der Waals surface area contributed by atoms with E-state index < -0.39 is 30.7 Å². The SMILES string of the molecule is CC(C)N(CC(F)(F)F)C(=O)C1Cc2nc[nH]c2CN1. The summed E-state index contributed by atoms with van der Waals surface area (Å²) in [4.78, 5) is 20.1. The van der Waals surface area contributed by atoms with Gasteiger partial charge in [-0.2, -0.15) is 13.2 Å². The molecule has 0 aliphatic carbocycles. The fraction of sp³-hybridized carbons (Fsp3) is 0.667. The molecule has 1 aliphatic heterocycles. The first-order chi connectivity index (χ1) is 9.28. The second-order valence-corrected chi connectivity index (χ2v) is 5.14. The van der Waals surface area contributed by atoms with Crippen LogP contribution >= 0.6 is 0 Å². The highest BCUT2D eigenvalue weighted by Gasteiger charge is 2.37. The minimum Gasteiger partial charge on any atom is -0.347 e. The number of aromatic nitrogens is 2. The lowest BCUT2D eigenvalue weighted by molar-refractivity contribution is -0.166. The van der Waals surface area contributed by atoms with E-state index in [1.54, 1.807) is 13.8 Å². The standard InChI is InChI=1S/C12H17F3N4O/c1-7(2)19(5-12(13,14)15)11(20)9-3-8-10(4-16-9)18-6-17-8/h6-7,9,16H,3-5H2,1-2H3,(H,17,18). The molecule has 1 aliphatic rings. The maximum Gasteiger partial charge on any atom is 0.406 e. The summed E-state index contributed by atoms with van der Waals surface area (Å²) < 4.78 is 37.7.